The molecular weight excluding hydrogens is 384 g/mol. The zero-order chi connectivity index (χ0) is 23.3. The Morgan fingerprint density at radius 2 is 1.20 bits per heavy atom. The first-order chi connectivity index (χ1) is 14.2. The zero-order valence-corrected chi connectivity index (χ0v) is 20.2. The molecule has 0 aromatic rings. The van der Waals surface area contributed by atoms with E-state index in [1.807, 2.05) is 0 Å². The second-order valence-electron chi connectivity index (χ2n) is 9.07. The van der Waals surface area contributed by atoms with Crippen LogP contribution in [0.4, 0.5) is 0 Å². The highest BCUT2D eigenvalue weighted by atomic mass is 16.5. The van der Waals surface area contributed by atoms with Crippen molar-refractivity contribution < 1.29 is 29.3 Å². The van der Waals surface area contributed by atoms with Crippen LogP contribution in [0.2, 0.25) is 0 Å². The summed E-state index contributed by atoms with van der Waals surface area (Å²) < 4.78 is 9.93. The third-order valence-electron chi connectivity index (χ3n) is 4.28. The molecule has 0 spiro atoms. The monoisotopic (exact) mass is 432 g/mol. The third-order valence-corrected chi connectivity index (χ3v) is 4.28. The molecule has 0 fully saturated rings. The van der Waals surface area contributed by atoms with E-state index in [9.17, 15) is 9.59 Å². The lowest BCUT2D eigenvalue weighted by Crippen LogP contribution is -2.21. The van der Waals surface area contributed by atoms with E-state index in [-0.39, 0.29) is 30.6 Å². The molecular formula is C24H48O6. The summed E-state index contributed by atoms with van der Waals surface area (Å²) in [6.45, 7) is 10.6. The van der Waals surface area contributed by atoms with E-state index in [1.54, 1.807) is 0 Å². The van der Waals surface area contributed by atoms with Gasteiger partial charge in [-0.05, 0) is 18.3 Å². The first-order valence-electron chi connectivity index (χ1n) is 11.8. The number of carbonyl (C=O) groups excluding carboxylic acids is 2. The largest absolute Gasteiger partial charge is 0.465 e. The fraction of sp³-hybridized carbons (Fsp3) is 0.917. The van der Waals surface area contributed by atoms with E-state index in [4.69, 9.17) is 19.7 Å². The maximum Gasteiger partial charge on any atom is 0.305 e. The minimum absolute atomic E-state index is 0.0403. The lowest BCUT2D eigenvalue weighted by molar-refractivity contribution is -0.147. The van der Waals surface area contributed by atoms with Crippen LogP contribution in [0.15, 0.2) is 0 Å². The van der Waals surface area contributed by atoms with Crippen molar-refractivity contribution in [3.63, 3.8) is 0 Å². The molecule has 0 radical (unpaired) electrons. The van der Waals surface area contributed by atoms with Gasteiger partial charge in [-0.25, -0.2) is 0 Å². The smallest absolute Gasteiger partial charge is 0.305 e. The molecule has 0 aromatic carbocycles. The highest BCUT2D eigenvalue weighted by Crippen LogP contribution is 2.14. The van der Waals surface area contributed by atoms with Gasteiger partial charge in [0.2, 0.25) is 0 Å². The Morgan fingerprint density at radius 3 is 1.60 bits per heavy atom. The molecule has 0 saturated heterocycles. The van der Waals surface area contributed by atoms with Crippen LogP contribution in [0.25, 0.3) is 0 Å². The van der Waals surface area contributed by atoms with E-state index in [0.717, 1.165) is 32.1 Å². The molecule has 6 nitrogen and oxygen atoms in total. The molecule has 0 aliphatic heterocycles. The summed E-state index contributed by atoms with van der Waals surface area (Å²) >= 11 is 0. The van der Waals surface area contributed by atoms with Crippen LogP contribution in [0.3, 0.4) is 0 Å². The van der Waals surface area contributed by atoms with Crippen molar-refractivity contribution in [2.45, 2.75) is 118 Å². The number of rotatable bonds is 16. The summed E-state index contributed by atoms with van der Waals surface area (Å²) in [5.41, 5.74) is 0.0812. The number of aliphatic hydroxyl groups excluding tert-OH is 2. The van der Waals surface area contributed by atoms with Crippen LogP contribution >= 0.6 is 0 Å². The van der Waals surface area contributed by atoms with Crippen molar-refractivity contribution in [3.05, 3.63) is 0 Å². The number of hydrogen-bond acceptors (Lipinski definition) is 6. The molecule has 2 N–H and O–H groups in total. The molecule has 6 heteroatoms. The SMILES string of the molecule is CCCCCCCC(=O)OCC(C)(C)C.CCCCCCCC(=O)OCC(O)CO. The number of esters is 2. The normalized spacial score (nSPS) is 12.0. The Kier molecular flexibility index (Phi) is 21.8. The number of carbonyl (C=O) groups is 2. The van der Waals surface area contributed by atoms with Crippen LogP contribution in [-0.4, -0.2) is 48.1 Å². The van der Waals surface area contributed by atoms with Gasteiger partial charge in [0.15, 0.2) is 0 Å². The second kappa shape index (κ2) is 21.1. The van der Waals surface area contributed by atoms with Crippen LogP contribution in [-0.2, 0) is 19.1 Å². The number of aliphatic hydroxyl groups is 2. The average Bonchev–Trinajstić information content (AvgIpc) is 2.70. The van der Waals surface area contributed by atoms with Crippen LogP contribution in [0.1, 0.15) is 112 Å². The van der Waals surface area contributed by atoms with Gasteiger partial charge in [0.05, 0.1) is 13.2 Å². The Morgan fingerprint density at radius 1 is 0.767 bits per heavy atom. The van der Waals surface area contributed by atoms with Gasteiger partial charge in [0, 0.05) is 12.8 Å². The number of ether oxygens (including phenoxy) is 2. The molecule has 0 heterocycles. The van der Waals surface area contributed by atoms with Crippen molar-refractivity contribution >= 4 is 11.9 Å². The van der Waals surface area contributed by atoms with Crippen molar-refractivity contribution in [3.8, 4) is 0 Å². The van der Waals surface area contributed by atoms with E-state index >= 15 is 0 Å². The fourth-order valence-corrected chi connectivity index (χ4v) is 2.43. The minimum atomic E-state index is -0.950. The highest BCUT2D eigenvalue weighted by Gasteiger charge is 2.13. The second-order valence-corrected chi connectivity index (χ2v) is 9.07. The first kappa shape index (κ1) is 31.0. The van der Waals surface area contributed by atoms with Gasteiger partial charge in [-0.15, -0.1) is 0 Å². The lowest BCUT2D eigenvalue weighted by atomic mass is 9.99. The highest BCUT2D eigenvalue weighted by molar-refractivity contribution is 5.69. The molecule has 0 aliphatic carbocycles. The quantitative estimate of drug-likeness (QED) is 0.258. The third kappa shape index (κ3) is 26.9. The topological polar surface area (TPSA) is 93.1 Å². The zero-order valence-electron chi connectivity index (χ0n) is 20.2. The summed E-state index contributed by atoms with van der Waals surface area (Å²) in [5, 5.41) is 17.4. The van der Waals surface area contributed by atoms with Crippen LogP contribution < -0.4 is 0 Å². The Hall–Kier alpha value is -1.14. The van der Waals surface area contributed by atoms with Crippen molar-refractivity contribution in [2.24, 2.45) is 5.41 Å². The van der Waals surface area contributed by atoms with E-state index in [0.29, 0.717) is 19.4 Å². The van der Waals surface area contributed by atoms with Crippen LogP contribution in [0, 0.1) is 5.41 Å². The Balaban J connectivity index is 0. The number of unbranched alkanes of at least 4 members (excludes halogenated alkanes) is 8. The van der Waals surface area contributed by atoms with Crippen molar-refractivity contribution in [1.82, 2.24) is 0 Å². The molecule has 1 atom stereocenters. The molecule has 0 saturated carbocycles. The maximum atomic E-state index is 11.3. The van der Waals surface area contributed by atoms with Crippen molar-refractivity contribution in [2.75, 3.05) is 19.8 Å². The Bertz CT molecular complexity index is 403. The molecule has 0 bridgehead atoms. The molecule has 0 amide bonds. The fourth-order valence-electron chi connectivity index (χ4n) is 2.43. The molecule has 180 valence electrons. The Labute approximate surface area is 184 Å². The average molecular weight is 433 g/mol. The predicted octanol–water partition coefficient (Wildman–Crippen LogP) is 5.18. The van der Waals surface area contributed by atoms with Gasteiger partial charge in [0.1, 0.15) is 12.7 Å². The maximum absolute atomic E-state index is 11.3. The summed E-state index contributed by atoms with van der Waals surface area (Å²) in [6.07, 6.45) is 11.4. The first-order valence-corrected chi connectivity index (χ1v) is 11.8. The molecule has 1 unspecified atom stereocenters. The van der Waals surface area contributed by atoms with Gasteiger partial charge in [-0.2, -0.15) is 0 Å². The summed E-state index contributed by atoms with van der Waals surface area (Å²) in [4.78, 5) is 22.4. The van der Waals surface area contributed by atoms with E-state index in [2.05, 4.69) is 34.6 Å². The van der Waals surface area contributed by atoms with Gasteiger partial charge in [-0.1, -0.05) is 86.0 Å². The van der Waals surface area contributed by atoms with Crippen LogP contribution in [0.5, 0.6) is 0 Å². The summed E-state index contributed by atoms with van der Waals surface area (Å²) in [5.74, 6) is -0.333. The van der Waals surface area contributed by atoms with Crippen molar-refractivity contribution in [1.29, 1.82) is 0 Å². The molecule has 0 rings (SSSR count). The standard InChI is InChI=1S/C13H26O2.C11H22O4/c1-5-6-7-8-9-10-12(14)15-11-13(2,3)4;1-2-3-4-5-6-7-11(14)15-9-10(13)8-12/h5-11H2,1-4H3;10,12-13H,2-9H2,1H3. The molecule has 0 aliphatic rings. The minimum Gasteiger partial charge on any atom is -0.465 e. The lowest BCUT2D eigenvalue weighted by Gasteiger charge is -2.17. The van der Waals surface area contributed by atoms with E-state index < -0.39 is 6.10 Å². The summed E-state index contributed by atoms with van der Waals surface area (Å²) in [6, 6.07) is 0. The number of hydrogen-bond donors (Lipinski definition) is 2. The summed E-state index contributed by atoms with van der Waals surface area (Å²) in [7, 11) is 0. The van der Waals surface area contributed by atoms with E-state index in [1.165, 1.54) is 32.1 Å². The van der Waals surface area contributed by atoms with Gasteiger partial charge >= 0.3 is 11.9 Å². The predicted molar refractivity (Wildman–Crippen MR) is 121 cm³/mol. The van der Waals surface area contributed by atoms with Gasteiger partial charge < -0.3 is 19.7 Å². The molecule has 30 heavy (non-hydrogen) atoms. The van der Waals surface area contributed by atoms with Gasteiger partial charge in [-0.3, -0.25) is 9.59 Å². The molecule has 0 aromatic heterocycles. The van der Waals surface area contributed by atoms with Gasteiger partial charge in [0.25, 0.3) is 0 Å².